The van der Waals surface area contributed by atoms with Crippen molar-refractivity contribution in [3.8, 4) is 0 Å². The largest absolute Gasteiger partial charge is 0.444 e. The molecule has 0 spiro atoms. The van der Waals surface area contributed by atoms with Crippen molar-refractivity contribution in [1.82, 2.24) is 15.5 Å². The SMILES string of the molecule is NC(=NC(=O)OCc1ccc([N+](=O)[O-])cc1)N(CC(O)CC(=O)N[C@H]1CCNC1)C(=O)OCc1ccc([N+](=O)[O-])cc1. The Bertz CT molecular complexity index is 1310. The Hall–Kier alpha value is -5.16. The molecule has 1 unspecified atom stereocenters. The van der Waals surface area contributed by atoms with Crippen LogP contribution in [0.15, 0.2) is 53.5 Å². The van der Waals surface area contributed by atoms with Crippen LogP contribution in [0.3, 0.4) is 0 Å². The third kappa shape index (κ3) is 9.79. The number of nitrogens with two attached hydrogens (primary N) is 1. The second-order valence-corrected chi connectivity index (χ2v) is 9.15. The summed E-state index contributed by atoms with van der Waals surface area (Å²) in [5.41, 5.74) is 6.38. The Morgan fingerprint density at radius 2 is 1.57 bits per heavy atom. The van der Waals surface area contributed by atoms with Crippen molar-refractivity contribution in [1.29, 1.82) is 0 Å². The predicted molar refractivity (Wildman–Crippen MR) is 145 cm³/mol. The molecule has 2 aromatic rings. The molecule has 42 heavy (non-hydrogen) atoms. The molecule has 1 heterocycles. The van der Waals surface area contributed by atoms with E-state index in [1.54, 1.807) is 0 Å². The Labute approximate surface area is 238 Å². The van der Waals surface area contributed by atoms with Crippen LogP contribution < -0.4 is 16.4 Å². The van der Waals surface area contributed by atoms with Gasteiger partial charge in [0.25, 0.3) is 11.4 Å². The van der Waals surface area contributed by atoms with Crippen molar-refractivity contribution in [3.05, 3.63) is 79.9 Å². The molecule has 1 aliphatic rings. The van der Waals surface area contributed by atoms with Gasteiger partial charge in [-0.15, -0.1) is 4.99 Å². The van der Waals surface area contributed by atoms with Crippen LogP contribution in [-0.4, -0.2) is 75.7 Å². The number of nitro groups is 2. The van der Waals surface area contributed by atoms with Gasteiger partial charge in [-0.25, -0.2) is 14.5 Å². The minimum absolute atomic E-state index is 0.0929. The summed E-state index contributed by atoms with van der Waals surface area (Å²) >= 11 is 0. The molecule has 2 atom stereocenters. The number of rotatable bonds is 11. The van der Waals surface area contributed by atoms with Crippen molar-refractivity contribution in [2.45, 2.75) is 38.2 Å². The number of aliphatic hydroxyl groups is 1. The van der Waals surface area contributed by atoms with E-state index in [2.05, 4.69) is 15.6 Å². The molecule has 3 amide bonds. The second kappa shape index (κ2) is 15.0. The number of carbonyl (C=O) groups excluding carboxylic acids is 3. The fourth-order valence-corrected chi connectivity index (χ4v) is 3.80. The summed E-state index contributed by atoms with van der Waals surface area (Å²) < 4.78 is 10.2. The first kappa shape index (κ1) is 31.4. The van der Waals surface area contributed by atoms with Crippen LogP contribution in [0.2, 0.25) is 0 Å². The highest BCUT2D eigenvalue weighted by atomic mass is 16.6. The summed E-state index contributed by atoms with van der Waals surface area (Å²) in [7, 11) is 0. The second-order valence-electron chi connectivity index (χ2n) is 9.15. The molecular weight excluding hydrogens is 558 g/mol. The molecule has 0 radical (unpaired) electrons. The fraction of sp³-hybridized carbons (Fsp3) is 0.360. The molecule has 0 aliphatic carbocycles. The fourth-order valence-electron chi connectivity index (χ4n) is 3.80. The molecule has 1 aliphatic heterocycles. The molecule has 224 valence electrons. The number of nitro benzene ring substituents is 2. The van der Waals surface area contributed by atoms with Gasteiger partial charge in [-0.3, -0.25) is 25.0 Å². The summed E-state index contributed by atoms with van der Waals surface area (Å²) in [5.74, 6) is -1.16. The van der Waals surface area contributed by atoms with Crippen LogP contribution in [0.1, 0.15) is 24.0 Å². The van der Waals surface area contributed by atoms with E-state index in [1.165, 1.54) is 48.5 Å². The maximum absolute atomic E-state index is 12.9. The van der Waals surface area contributed by atoms with Crippen molar-refractivity contribution in [2.75, 3.05) is 19.6 Å². The Morgan fingerprint density at radius 3 is 2.07 bits per heavy atom. The van der Waals surface area contributed by atoms with Gasteiger partial charge in [0, 0.05) is 36.9 Å². The van der Waals surface area contributed by atoms with Gasteiger partial charge >= 0.3 is 12.2 Å². The summed E-state index contributed by atoms with van der Waals surface area (Å²) in [4.78, 5) is 62.1. The number of nitrogens with zero attached hydrogens (tertiary/aromatic N) is 4. The minimum Gasteiger partial charge on any atom is -0.444 e. The number of non-ortho nitro benzene ring substituents is 2. The zero-order valence-electron chi connectivity index (χ0n) is 22.2. The topological polar surface area (TPSA) is 242 Å². The van der Waals surface area contributed by atoms with Crippen LogP contribution in [-0.2, 0) is 27.5 Å². The molecule has 1 saturated heterocycles. The number of guanidine groups is 1. The van der Waals surface area contributed by atoms with E-state index in [4.69, 9.17) is 15.2 Å². The summed E-state index contributed by atoms with van der Waals surface area (Å²) in [6.45, 7) is 0.119. The van der Waals surface area contributed by atoms with Crippen molar-refractivity contribution >= 4 is 35.4 Å². The zero-order chi connectivity index (χ0) is 30.6. The number of ether oxygens (including phenoxy) is 2. The minimum atomic E-state index is -1.42. The normalized spacial score (nSPS) is 15.4. The molecule has 3 rings (SSSR count). The average molecular weight is 588 g/mol. The van der Waals surface area contributed by atoms with Crippen LogP contribution in [0.5, 0.6) is 0 Å². The van der Waals surface area contributed by atoms with Gasteiger partial charge in [-0.2, -0.15) is 0 Å². The third-order valence-electron chi connectivity index (χ3n) is 5.96. The zero-order valence-corrected chi connectivity index (χ0v) is 22.2. The molecular formula is C25H29N7O10. The lowest BCUT2D eigenvalue weighted by molar-refractivity contribution is -0.385. The van der Waals surface area contributed by atoms with E-state index >= 15 is 0 Å². The van der Waals surface area contributed by atoms with E-state index in [9.17, 15) is 39.7 Å². The monoisotopic (exact) mass is 587 g/mol. The van der Waals surface area contributed by atoms with Gasteiger partial charge in [0.1, 0.15) is 13.2 Å². The van der Waals surface area contributed by atoms with Gasteiger partial charge in [-0.1, -0.05) is 0 Å². The van der Waals surface area contributed by atoms with E-state index in [0.29, 0.717) is 22.6 Å². The van der Waals surface area contributed by atoms with Gasteiger partial charge in [0.05, 0.1) is 28.9 Å². The molecule has 17 nitrogen and oxygen atoms in total. The number of carbonyl (C=O) groups is 3. The van der Waals surface area contributed by atoms with Crippen LogP contribution in [0, 0.1) is 20.2 Å². The molecule has 5 N–H and O–H groups in total. The molecule has 2 aromatic carbocycles. The van der Waals surface area contributed by atoms with Gasteiger partial charge in [0.15, 0.2) is 0 Å². The third-order valence-corrected chi connectivity index (χ3v) is 5.96. The lowest BCUT2D eigenvalue weighted by Crippen LogP contribution is -2.48. The number of hydrogen-bond donors (Lipinski definition) is 4. The Kier molecular flexibility index (Phi) is 11.2. The first-order chi connectivity index (χ1) is 20.0. The number of nitrogens with one attached hydrogen (secondary N) is 2. The lowest BCUT2D eigenvalue weighted by Gasteiger charge is -2.24. The molecule has 1 fully saturated rings. The molecule has 0 bridgehead atoms. The Morgan fingerprint density at radius 1 is 1.02 bits per heavy atom. The van der Waals surface area contributed by atoms with Crippen LogP contribution in [0.4, 0.5) is 21.0 Å². The van der Waals surface area contributed by atoms with Gasteiger partial charge in [0.2, 0.25) is 11.9 Å². The standard InChI is InChI=1S/C25H29N7O10/c26-23(29-24(35)41-14-16-1-5-19(6-2-16)31(37)38)30(13-21(33)11-22(34)28-18-9-10-27-12-18)25(36)42-15-17-3-7-20(8-4-17)32(39)40/h1-8,18,21,27,33H,9-15H2,(H,28,34)(H2,26,29,35)/t18-,21?/m0/s1. The summed E-state index contributed by atoms with van der Waals surface area (Å²) in [6.07, 6.45) is -3.42. The van der Waals surface area contributed by atoms with E-state index in [1.807, 2.05) is 0 Å². The van der Waals surface area contributed by atoms with E-state index in [0.717, 1.165) is 13.0 Å². The van der Waals surface area contributed by atoms with Gasteiger partial charge < -0.3 is 30.9 Å². The number of aliphatic imine (C=N–C) groups is 1. The van der Waals surface area contributed by atoms with Crippen LogP contribution in [0.25, 0.3) is 0 Å². The Balaban J connectivity index is 1.65. The number of benzene rings is 2. The van der Waals surface area contributed by atoms with Crippen molar-refractivity contribution in [3.63, 3.8) is 0 Å². The highest BCUT2D eigenvalue weighted by Crippen LogP contribution is 2.14. The highest BCUT2D eigenvalue weighted by Gasteiger charge is 2.26. The van der Waals surface area contributed by atoms with E-state index < -0.39 is 46.5 Å². The summed E-state index contributed by atoms with van der Waals surface area (Å²) in [6, 6.07) is 10.3. The average Bonchev–Trinajstić information content (AvgIpc) is 3.46. The quantitative estimate of drug-likeness (QED) is 0.126. The predicted octanol–water partition coefficient (Wildman–Crippen LogP) is 1.32. The first-order valence-electron chi connectivity index (χ1n) is 12.6. The van der Waals surface area contributed by atoms with E-state index in [-0.39, 0.29) is 37.1 Å². The van der Waals surface area contributed by atoms with Crippen molar-refractivity contribution in [2.24, 2.45) is 10.7 Å². The number of aliphatic hydroxyl groups excluding tert-OH is 1. The van der Waals surface area contributed by atoms with Crippen molar-refractivity contribution < 1.29 is 38.8 Å². The van der Waals surface area contributed by atoms with Crippen LogP contribution >= 0.6 is 0 Å². The number of amides is 3. The lowest BCUT2D eigenvalue weighted by atomic mass is 10.2. The molecule has 0 saturated carbocycles. The molecule has 0 aromatic heterocycles. The maximum atomic E-state index is 12.9. The number of hydrogen-bond acceptors (Lipinski definition) is 11. The van der Waals surface area contributed by atoms with Gasteiger partial charge in [-0.05, 0) is 48.4 Å². The first-order valence-corrected chi connectivity index (χ1v) is 12.6. The maximum Gasteiger partial charge on any atom is 0.437 e. The highest BCUT2D eigenvalue weighted by molar-refractivity contribution is 5.98. The summed E-state index contributed by atoms with van der Waals surface area (Å²) in [5, 5.41) is 38.0. The molecule has 17 heteroatoms. The smallest absolute Gasteiger partial charge is 0.437 e.